The molecule has 0 spiro atoms. The summed E-state index contributed by atoms with van der Waals surface area (Å²) in [6.45, 7) is 0.726. The van der Waals surface area contributed by atoms with E-state index in [-0.39, 0.29) is 11.7 Å². The second-order valence-electron chi connectivity index (χ2n) is 4.72. The lowest BCUT2D eigenvalue weighted by Crippen LogP contribution is -2.35. The van der Waals surface area contributed by atoms with E-state index in [0.29, 0.717) is 35.8 Å². The van der Waals surface area contributed by atoms with Crippen LogP contribution >= 0.6 is 0 Å². The van der Waals surface area contributed by atoms with Crippen molar-refractivity contribution >= 4 is 0 Å². The number of nitrogens with two attached hydrogens (primary N) is 1. The zero-order chi connectivity index (χ0) is 14.8. The summed E-state index contributed by atoms with van der Waals surface area (Å²) in [7, 11) is 0. The number of fused-ring (bicyclic) bond motifs is 1. The number of nitriles is 1. The van der Waals surface area contributed by atoms with Gasteiger partial charge < -0.3 is 15.2 Å². The molecule has 0 fully saturated rings. The van der Waals surface area contributed by atoms with Crippen molar-refractivity contribution < 1.29 is 13.9 Å². The van der Waals surface area contributed by atoms with Crippen LogP contribution in [0.2, 0.25) is 0 Å². The molecule has 0 saturated heterocycles. The molecular weight excluding hydrogens is 271 g/mol. The second kappa shape index (κ2) is 5.43. The SMILES string of the molecule is N#Cc1cc(F)ccc1-c1cccc2c1O[C@@H](CN)CO2. The molecule has 0 aromatic heterocycles. The van der Waals surface area contributed by atoms with Gasteiger partial charge in [0.05, 0.1) is 11.6 Å². The van der Waals surface area contributed by atoms with Crippen molar-refractivity contribution in [3.8, 4) is 28.7 Å². The highest BCUT2D eigenvalue weighted by molar-refractivity contribution is 5.78. The number of ether oxygens (including phenoxy) is 2. The number of benzene rings is 2. The van der Waals surface area contributed by atoms with Crippen LogP contribution in [0.15, 0.2) is 36.4 Å². The van der Waals surface area contributed by atoms with Gasteiger partial charge in [0.2, 0.25) is 0 Å². The number of nitrogens with zero attached hydrogens (tertiary/aromatic N) is 1. The summed E-state index contributed by atoms with van der Waals surface area (Å²) in [4.78, 5) is 0. The third-order valence-electron chi connectivity index (χ3n) is 3.34. The first-order chi connectivity index (χ1) is 10.2. The number of hydrogen-bond acceptors (Lipinski definition) is 4. The van der Waals surface area contributed by atoms with Crippen LogP contribution in [0.1, 0.15) is 5.56 Å². The van der Waals surface area contributed by atoms with Gasteiger partial charge in [-0.1, -0.05) is 18.2 Å². The summed E-state index contributed by atoms with van der Waals surface area (Å²) in [6.07, 6.45) is -0.232. The molecule has 21 heavy (non-hydrogen) atoms. The molecule has 1 atom stereocenters. The largest absolute Gasteiger partial charge is 0.486 e. The van der Waals surface area contributed by atoms with Crippen LogP contribution in [0.5, 0.6) is 11.5 Å². The topological polar surface area (TPSA) is 68.3 Å². The Morgan fingerprint density at radius 2 is 2.14 bits per heavy atom. The Morgan fingerprint density at radius 3 is 2.90 bits per heavy atom. The summed E-state index contributed by atoms with van der Waals surface area (Å²) in [6, 6.07) is 11.5. The van der Waals surface area contributed by atoms with Crippen LogP contribution in [0.3, 0.4) is 0 Å². The van der Waals surface area contributed by atoms with E-state index >= 15 is 0 Å². The number of rotatable bonds is 2. The van der Waals surface area contributed by atoms with Gasteiger partial charge in [-0.2, -0.15) is 5.26 Å². The van der Waals surface area contributed by atoms with Crippen molar-refractivity contribution in [2.45, 2.75) is 6.10 Å². The summed E-state index contributed by atoms with van der Waals surface area (Å²) >= 11 is 0. The minimum Gasteiger partial charge on any atom is -0.486 e. The maximum Gasteiger partial charge on any atom is 0.169 e. The molecule has 2 aromatic rings. The standard InChI is InChI=1S/C16H13FN2O2/c17-11-4-5-13(10(6-11)7-18)14-2-1-3-15-16(14)21-12(8-19)9-20-15/h1-6,12H,8-9,19H2/t12-/m0/s1. The zero-order valence-electron chi connectivity index (χ0n) is 11.2. The predicted molar refractivity (Wildman–Crippen MR) is 75.5 cm³/mol. The molecule has 0 unspecified atom stereocenters. The van der Waals surface area contributed by atoms with E-state index in [0.717, 1.165) is 0 Å². The molecule has 0 amide bonds. The van der Waals surface area contributed by atoms with Crippen molar-refractivity contribution in [1.82, 2.24) is 0 Å². The fraction of sp³-hybridized carbons (Fsp3) is 0.188. The Kier molecular flexibility index (Phi) is 3.46. The van der Waals surface area contributed by atoms with Crippen molar-refractivity contribution in [3.05, 3.63) is 47.8 Å². The molecule has 0 bridgehead atoms. The van der Waals surface area contributed by atoms with E-state index in [1.54, 1.807) is 12.1 Å². The van der Waals surface area contributed by atoms with Crippen LogP contribution in [0, 0.1) is 17.1 Å². The minimum absolute atomic E-state index is 0.232. The van der Waals surface area contributed by atoms with Crippen molar-refractivity contribution in [3.63, 3.8) is 0 Å². The normalized spacial score (nSPS) is 16.3. The fourth-order valence-electron chi connectivity index (χ4n) is 2.31. The summed E-state index contributed by atoms with van der Waals surface area (Å²) in [5.74, 6) is 0.699. The Labute approximate surface area is 121 Å². The Hall–Kier alpha value is -2.58. The monoisotopic (exact) mass is 284 g/mol. The van der Waals surface area contributed by atoms with Crippen molar-refractivity contribution in [1.29, 1.82) is 5.26 Å². The van der Waals surface area contributed by atoms with Gasteiger partial charge in [0.1, 0.15) is 18.5 Å². The van der Waals surface area contributed by atoms with Gasteiger partial charge >= 0.3 is 0 Å². The fourth-order valence-corrected chi connectivity index (χ4v) is 2.31. The molecule has 106 valence electrons. The highest BCUT2D eigenvalue weighted by atomic mass is 19.1. The molecule has 5 heteroatoms. The molecule has 0 saturated carbocycles. The van der Waals surface area contributed by atoms with E-state index in [2.05, 4.69) is 0 Å². The van der Waals surface area contributed by atoms with Gasteiger partial charge in [-0.25, -0.2) is 4.39 Å². The summed E-state index contributed by atoms with van der Waals surface area (Å²) in [5, 5.41) is 9.20. The average molecular weight is 284 g/mol. The molecule has 1 heterocycles. The lowest BCUT2D eigenvalue weighted by Gasteiger charge is -2.27. The lowest BCUT2D eigenvalue weighted by molar-refractivity contribution is 0.0976. The van der Waals surface area contributed by atoms with E-state index in [9.17, 15) is 9.65 Å². The van der Waals surface area contributed by atoms with Gasteiger partial charge in [0.25, 0.3) is 0 Å². The number of para-hydroxylation sites is 1. The maximum atomic E-state index is 13.3. The highest BCUT2D eigenvalue weighted by Gasteiger charge is 2.24. The van der Waals surface area contributed by atoms with Crippen LogP contribution in [-0.2, 0) is 0 Å². The Bertz CT molecular complexity index is 725. The van der Waals surface area contributed by atoms with E-state index in [4.69, 9.17) is 15.2 Å². The molecule has 0 radical (unpaired) electrons. The summed E-state index contributed by atoms with van der Waals surface area (Å²) in [5.41, 5.74) is 7.17. The van der Waals surface area contributed by atoms with Crippen LogP contribution in [-0.4, -0.2) is 19.3 Å². The van der Waals surface area contributed by atoms with Gasteiger partial charge in [-0.05, 0) is 18.2 Å². The molecular formula is C16H13FN2O2. The molecule has 1 aliphatic heterocycles. The molecule has 2 N–H and O–H groups in total. The van der Waals surface area contributed by atoms with Crippen molar-refractivity contribution in [2.24, 2.45) is 5.73 Å². The van der Waals surface area contributed by atoms with Crippen LogP contribution in [0.25, 0.3) is 11.1 Å². The minimum atomic E-state index is -0.447. The van der Waals surface area contributed by atoms with Crippen molar-refractivity contribution in [2.75, 3.05) is 13.2 Å². The van der Waals surface area contributed by atoms with Gasteiger partial charge in [0.15, 0.2) is 11.5 Å². The average Bonchev–Trinajstić information content (AvgIpc) is 2.53. The zero-order valence-corrected chi connectivity index (χ0v) is 11.2. The third kappa shape index (κ3) is 2.41. The molecule has 4 nitrogen and oxygen atoms in total. The smallest absolute Gasteiger partial charge is 0.169 e. The van der Waals surface area contributed by atoms with E-state index < -0.39 is 5.82 Å². The van der Waals surface area contributed by atoms with E-state index in [1.807, 2.05) is 18.2 Å². The Morgan fingerprint density at radius 1 is 1.29 bits per heavy atom. The Balaban J connectivity index is 2.14. The maximum absolute atomic E-state index is 13.3. The first kappa shape index (κ1) is 13.4. The third-order valence-corrected chi connectivity index (χ3v) is 3.34. The molecule has 0 aliphatic carbocycles. The first-order valence-corrected chi connectivity index (χ1v) is 6.55. The van der Waals surface area contributed by atoms with E-state index in [1.165, 1.54) is 12.1 Å². The highest BCUT2D eigenvalue weighted by Crippen LogP contribution is 2.41. The first-order valence-electron chi connectivity index (χ1n) is 6.55. The van der Waals surface area contributed by atoms with Crippen LogP contribution < -0.4 is 15.2 Å². The number of hydrogen-bond donors (Lipinski definition) is 1. The van der Waals surface area contributed by atoms with Gasteiger partial charge in [0, 0.05) is 17.7 Å². The van der Waals surface area contributed by atoms with Gasteiger partial charge in [-0.3, -0.25) is 0 Å². The molecule has 3 rings (SSSR count). The van der Waals surface area contributed by atoms with Gasteiger partial charge in [-0.15, -0.1) is 0 Å². The molecule has 1 aliphatic rings. The molecule has 2 aromatic carbocycles. The van der Waals surface area contributed by atoms with Crippen LogP contribution in [0.4, 0.5) is 4.39 Å². The number of halogens is 1. The quantitative estimate of drug-likeness (QED) is 0.919. The summed E-state index contributed by atoms with van der Waals surface area (Å²) < 4.78 is 24.7. The predicted octanol–water partition coefficient (Wildman–Crippen LogP) is 2.46. The lowest BCUT2D eigenvalue weighted by atomic mass is 9.98. The second-order valence-corrected chi connectivity index (χ2v) is 4.72.